The van der Waals surface area contributed by atoms with E-state index in [1.54, 1.807) is 19.1 Å². The molecule has 0 fully saturated rings. The molecule has 1 rings (SSSR count). The second-order valence-electron chi connectivity index (χ2n) is 3.72. The van der Waals surface area contributed by atoms with E-state index in [1.165, 1.54) is 0 Å². The van der Waals surface area contributed by atoms with Crippen molar-refractivity contribution in [1.82, 2.24) is 0 Å². The minimum atomic E-state index is -0.889. The highest BCUT2D eigenvalue weighted by Gasteiger charge is 2.03. The molecule has 1 unspecified atom stereocenters. The summed E-state index contributed by atoms with van der Waals surface area (Å²) in [5.41, 5.74) is 1.02. The lowest BCUT2D eigenvalue weighted by Crippen LogP contribution is -2.03. The van der Waals surface area contributed by atoms with Crippen molar-refractivity contribution in [3.05, 3.63) is 34.9 Å². The number of ketones is 1. The number of carbonyl (C=O) groups is 1. The molecule has 1 aromatic carbocycles. The van der Waals surface area contributed by atoms with Crippen LogP contribution in [-0.2, 0) is 21.3 Å². The molecular formula is C12H15ClO2S. The molecular weight excluding hydrogens is 244 g/mol. The van der Waals surface area contributed by atoms with Gasteiger partial charge in [-0.25, -0.2) is 0 Å². The van der Waals surface area contributed by atoms with Crippen LogP contribution in [0, 0.1) is 0 Å². The van der Waals surface area contributed by atoms with Gasteiger partial charge in [-0.2, -0.15) is 0 Å². The lowest BCUT2D eigenvalue weighted by molar-refractivity contribution is -0.117. The standard InChI is InChI=1S/C12H15ClO2S/c1-10(14)3-2-8-16(15)9-11-4-6-12(13)7-5-11/h4-7H,2-3,8-9H2,1H3. The fourth-order valence-corrected chi connectivity index (χ4v) is 2.62. The van der Waals surface area contributed by atoms with Crippen LogP contribution in [-0.4, -0.2) is 15.7 Å². The minimum Gasteiger partial charge on any atom is -0.300 e. The van der Waals surface area contributed by atoms with Gasteiger partial charge in [0.05, 0.1) is 0 Å². The molecule has 0 N–H and O–H groups in total. The topological polar surface area (TPSA) is 34.1 Å². The third kappa shape index (κ3) is 5.42. The summed E-state index contributed by atoms with van der Waals surface area (Å²) in [6.07, 6.45) is 1.22. The molecule has 88 valence electrons. The highest BCUT2D eigenvalue weighted by Crippen LogP contribution is 2.11. The first kappa shape index (κ1) is 13.4. The average molecular weight is 259 g/mol. The molecule has 0 aliphatic rings. The third-order valence-corrected chi connectivity index (χ3v) is 3.79. The summed E-state index contributed by atoms with van der Waals surface area (Å²) >= 11 is 5.75. The highest BCUT2D eigenvalue weighted by atomic mass is 35.5. The van der Waals surface area contributed by atoms with Gasteiger partial charge in [0, 0.05) is 33.7 Å². The van der Waals surface area contributed by atoms with Gasteiger partial charge in [-0.05, 0) is 31.0 Å². The van der Waals surface area contributed by atoms with Crippen molar-refractivity contribution in [2.75, 3.05) is 5.75 Å². The van der Waals surface area contributed by atoms with Crippen LogP contribution in [0.2, 0.25) is 5.02 Å². The summed E-state index contributed by atoms with van der Waals surface area (Å²) in [5, 5.41) is 0.686. The van der Waals surface area contributed by atoms with E-state index in [2.05, 4.69) is 0 Å². The van der Waals surface area contributed by atoms with Gasteiger partial charge < -0.3 is 4.79 Å². The van der Waals surface area contributed by atoms with E-state index in [9.17, 15) is 9.00 Å². The minimum absolute atomic E-state index is 0.156. The molecule has 16 heavy (non-hydrogen) atoms. The van der Waals surface area contributed by atoms with E-state index in [1.807, 2.05) is 12.1 Å². The second-order valence-corrected chi connectivity index (χ2v) is 5.73. The van der Waals surface area contributed by atoms with Gasteiger partial charge >= 0.3 is 0 Å². The fourth-order valence-electron chi connectivity index (χ4n) is 1.32. The van der Waals surface area contributed by atoms with Gasteiger partial charge in [0.1, 0.15) is 5.78 Å². The van der Waals surface area contributed by atoms with Crippen molar-refractivity contribution in [2.24, 2.45) is 0 Å². The maximum Gasteiger partial charge on any atom is 0.129 e. The number of carbonyl (C=O) groups excluding carboxylic acids is 1. The number of hydrogen-bond donors (Lipinski definition) is 0. The molecule has 0 radical (unpaired) electrons. The molecule has 0 amide bonds. The smallest absolute Gasteiger partial charge is 0.129 e. The third-order valence-electron chi connectivity index (χ3n) is 2.14. The van der Waals surface area contributed by atoms with Crippen LogP contribution < -0.4 is 0 Å². The highest BCUT2D eigenvalue weighted by molar-refractivity contribution is 7.84. The van der Waals surface area contributed by atoms with Crippen LogP contribution in [0.15, 0.2) is 24.3 Å². The van der Waals surface area contributed by atoms with Crippen LogP contribution in [0.5, 0.6) is 0 Å². The van der Waals surface area contributed by atoms with Gasteiger partial charge in [0.15, 0.2) is 0 Å². The SMILES string of the molecule is CC(=O)CCCS(=O)Cc1ccc(Cl)cc1. The van der Waals surface area contributed by atoms with Crippen LogP contribution >= 0.6 is 11.6 Å². The molecule has 2 nitrogen and oxygen atoms in total. The Morgan fingerprint density at radius 1 is 1.31 bits per heavy atom. The first-order valence-electron chi connectivity index (χ1n) is 5.17. The zero-order valence-corrected chi connectivity index (χ0v) is 10.8. The molecule has 0 heterocycles. The predicted molar refractivity (Wildman–Crippen MR) is 68.1 cm³/mol. The number of rotatable bonds is 6. The summed E-state index contributed by atoms with van der Waals surface area (Å²) < 4.78 is 11.6. The molecule has 0 aromatic heterocycles. The molecule has 0 spiro atoms. The fraction of sp³-hybridized carbons (Fsp3) is 0.417. The van der Waals surface area contributed by atoms with Crippen molar-refractivity contribution in [3.63, 3.8) is 0 Å². The van der Waals surface area contributed by atoms with Crippen molar-refractivity contribution in [3.8, 4) is 0 Å². The number of halogens is 1. The molecule has 0 aliphatic heterocycles. The van der Waals surface area contributed by atoms with E-state index in [4.69, 9.17) is 11.6 Å². The van der Waals surface area contributed by atoms with E-state index in [0.29, 0.717) is 29.4 Å². The summed E-state index contributed by atoms with van der Waals surface area (Å²) in [4.78, 5) is 10.7. The number of hydrogen-bond acceptors (Lipinski definition) is 2. The lowest BCUT2D eigenvalue weighted by atomic mass is 10.2. The van der Waals surface area contributed by atoms with Gasteiger partial charge in [-0.1, -0.05) is 23.7 Å². The summed E-state index contributed by atoms with van der Waals surface area (Å²) in [6, 6.07) is 7.35. The van der Waals surface area contributed by atoms with Crippen LogP contribution in [0.3, 0.4) is 0 Å². The van der Waals surface area contributed by atoms with E-state index in [-0.39, 0.29) is 5.78 Å². The van der Waals surface area contributed by atoms with Crippen molar-refractivity contribution < 1.29 is 9.00 Å². The Balaban J connectivity index is 2.34. The summed E-state index contributed by atoms with van der Waals surface area (Å²) in [6.45, 7) is 1.56. The zero-order valence-electron chi connectivity index (χ0n) is 9.24. The molecule has 0 bridgehead atoms. The first-order chi connectivity index (χ1) is 7.58. The maximum atomic E-state index is 11.6. The molecule has 0 saturated carbocycles. The molecule has 1 aromatic rings. The van der Waals surface area contributed by atoms with Gasteiger partial charge in [-0.15, -0.1) is 0 Å². The maximum absolute atomic E-state index is 11.6. The Morgan fingerprint density at radius 3 is 2.50 bits per heavy atom. The number of benzene rings is 1. The zero-order chi connectivity index (χ0) is 12.0. The van der Waals surface area contributed by atoms with Gasteiger partial charge in [-0.3, -0.25) is 4.21 Å². The van der Waals surface area contributed by atoms with Crippen LogP contribution in [0.4, 0.5) is 0 Å². The van der Waals surface area contributed by atoms with Gasteiger partial charge in [0.2, 0.25) is 0 Å². The predicted octanol–water partition coefficient (Wildman–Crippen LogP) is 2.96. The van der Waals surface area contributed by atoms with E-state index < -0.39 is 10.8 Å². The van der Waals surface area contributed by atoms with Crippen LogP contribution in [0.1, 0.15) is 25.3 Å². The summed E-state index contributed by atoms with van der Waals surface area (Å²) in [5.74, 6) is 1.28. The van der Waals surface area contributed by atoms with Crippen LogP contribution in [0.25, 0.3) is 0 Å². The molecule has 0 aliphatic carbocycles. The molecule has 0 saturated heterocycles. The lowest BCUT2D eigenvalue weighted by Gasteiger charge is -2.02. The average Bonchev–Trinajstić information content (AvgIpc) is 2.21. The molecule has 1 atom stereocenters. The normalized spacial score (nSPS) is 12.4. The Morgan fingerprint density at radius 2 is 1.94 bits per heavy atom. The Bertz CT molecular complexity index is 373. The Kier molecular flexibility index (Phi) is 5.71. The first-order valence-corrected chi connectivity index (χ1v) is 7.03. The second kappa shape index (κ2) is 6.81. The van der Waals surface area contributed by atoms with Gasteiger partial charge in [0.25, 0.3) is 0 Å². The van der Waals surface area contributed by atoms with Crippen molar-refractivity contribution >= 4 is 28.2 Å². The quantitative estimate of drug-likeness (QED) is 0.786. The Labute approximate surface area is 103 Å². The van der Waals surface area contributed by atoms with Crippen molar-refractivity contribution in [1.29, 1.82) is 0 Å². The van der Waals surface area contributed by atoms with Crippen molar-refractivity contribution in [2.45, 2.75) is 25.5 Å². The van der Waals surface area contributed by atoms with E-state index in [0.717, 1.165) is 5.56 Å². The number of Topliss-reactive ketones (excluding diaryl/α,β-unsaturated/α-hetero) is 1. The molecule has 4 heteroatoms. The monoisotopic (exact) mass is 258 g/mol. The Hall–Kier alpha value is -0.670. The largest absolute Gasteiger partial charge is 0.300 e. The summed E-state index contributed by atoms with van der Waals surface area (Å²) in [7, 11) is -0.889. The van der Waals surface area contributed by atoms with E-state index >= 15 is 0 Å².